The van der Waals surface area contributed by atoms with Gasteiger partial charge in [-0.3, -0.25) is 9.59 Å². The predicted octanol–water partition coefficient (Wildman–Crippen LogP) is 1.71. The number of hydrogen-bond donors (Lipinski definition) is 0. The highest BCUT2D eigenvalue weighted by atomic mass is 32.2. The van der Waals surface area contributed by atoms with Crippen LogP contribution in [-0.4, -0.2) is 65.8 Å². The van der Waals surface area contributed by atoms with Crippen LogP contribution in [0.3, 0.4) is 0 Å². The highest BCUT2D eigenvalue weighted by Gasteiger charge is 2.66. The average Bonchev–Trinajstić information content (AvgIpc) is 3.32. The van der Waals surface area contributed by atoms with Gasteiger partial charge in [-0.2, -0.15) is 4.31 Å². The molecular weight excluding hydrogens is 372 g/mol. The Morgan fingerprint density at radius 3 is 2.54 bits per heavy atom. The third-order valence-corrected chi connectivity index (χ3v) is 10.6. The summed E-state index contributed by atoms with van der Waals surface area (Å²) in [4.78, 5) is 27.4. The van der Waals surface area contributed by atoms with Gasteiger partial charge in [-0.05, 0) is 37.0 Å². The Morgan fingerprint density at radius 2 is 1.96 bits per heavy atom. The molecule has 0 aromatic heterocycles. The first-order valence-electron chi connectivity index (χ1n) is 9.58. The number of carbonyl (C=O) groups is 2. The van der Waals surface area contributed by atoms with Crippen LogP contribution in [0.4, 0.5) is 0 Å². The molecule has 2 bridgehead atoms. The first kappa shape index (κ1) is 18.7. The van der Waals surface area contributed by atoms with E-state index < -0.39 is 21.5 Å². The largest absolute Gasteiger partial charge is 0.341 e. The standard InChI is InChI=1S/C18H28N2O4S2/c1-17(2)13-5-6-18(17,15(21)9-13)11-26(23,24)20-12-25-10-14(20)16(22)19-7-3-4-8-19/h13-14H,3-12H2,1-2H3. The molecule has 2 heterocycles. The molecule has 3 atom stereocenters. The Morgan fingerprint density at radius 1 is 1.27 bits per heavy atom. The van der Waals surface area contributed by atoms with Crippen molar-refractivity contribution in [2.45, 2.75) is 52.0 Å². The second-order valence-corrected chi connectivity index (χ2v) is 11.8. The Bertz CT molecular complexity index is 729. The van der Waals surface area contributed by atoms with Crippen molar-refractivity contribution in [3.63, 3.8) is 0 Å². The molecule has 2 saturated carbocycles. The van der Waals surface area contributed by atoms with Crippen LogP contribution in [0.5, 0.6) is 0 Å². The number of fused-ring (bicyclic) bond motifs is 2. The van der Waals surface area contributed by atoms with Gasteiger partial charge in [0.2, 0.25) is 15.9 Å². The van der Waals surface area contributed by atoms with Crippen molar-refractivity contribution in [3.8, 4) is 0 Å². The molecule has 0 spiro atoms. The van der Waals surface area contributed by atoms with E-state index in [1.54, 1.807) is 4.90 Å². The Balaban J connectivity index is 1.58. The third-order valence-electron chi connectivity index (χ3n) is 7.47. The number of amides is 1. The molecule has 0 aromatic rings. The highest BCUT2D eigenvalue weighted by Crippen LogP contribution is 2.64. The fourth-order valence-corrected chi connectivity index (χ4v) is 9.54. The summed E-state index contributed by atoms with van der Waals surface area (Å²) >= 11 is 1.49. The van der Waals surface area contributed by atoms with E-state index in [1.807, 2.05) is 0 Å². The molecule has 26 heavy (non-hydrogen) atoms. The molecule has 2 saturated heterocycles. The summed E-state index contributed by atoms with van der Waals surface area (Å²) in [6.07, 6.45) is 4.08. The number of sulfonamides is 1. The number of nitrogens with zero attached hydrogens (tertiary/aromatic N) is 2. The van der Waals surface area contributed by atoms with Crippen LogP contribution in [0.2, 0.25) is 0 Å². The summed E-state index contributed by atoms with van der Waals surface area (Å²) in [7, 11) is -3.67. The highest BCUT2D eigenvalue weighted by molar-refractivity contribution is 8.00. The van der Waals surface area contributed by atoms with Gasteiger partial charge in [0, 0.05) is 30.7 Å². The van der Waals surface area contributed by atoms with Crippen LogP contribution in [0.1, 0.15) is 46.0 Å². The van der Waals surface area contributed by atoms with E-state index in [2.05, 4.69) is 13.8 Å². The Labute approximate surface area is 160 Å². The lowest BCUT2D eigenvalue weighted by Gasteiger charge is -2.38. The molecule has 2 aliphatic carbocycles. The van der Waals surface area contributed by atoms with Crippen molar-refractivity contribution in [1.29, 1.82) is 0 Å². The smallest absolute Gasteiger partial charge is 0.241 e. The fourth-order valence-electron chi connectivity index (χ4n) is 5.55. The summed E-state index contributed by atoms with van der Waals surface area (Å²) in [5.74, 6) is 1.04. The number of thioether (sulfide) groups is 1. The lowest BCUT2D eigenvalue weighted by molar-refractivity contribution is -0.133. The topological polar surface area (TPSA) is 74.8 Å². The lowest BCUT2D eigenvalue weighted by atomic mass is 9.70. The third kappa shape index (κ3) is 2.58. The van der Waals surface area contributed by atoms with Gasteiger partial charge in [0.25, 0.3) is 0 Å². The fraction of sp³-hybridized carbons (Fsp3) is 0.889. The van der Waals surface area contributed by atoms with Crippen LogP contribution in [0.25, 0.3) is 0 Å². The maximum Gasteiger partial charge on any atom is 0.241 e. The van der Waals surface area contributed by atoms with Crippen molar-refractivity contribution in [2.75, 3.05) is 30.5 Å². The summed E-state index contributed by atoms with van der Waals surface area (Å²) in [6, 6.07) is -0.601. The second-order valence-electron chi connectivity index (χ2n) is 8.86. The first-order chi connectivity index (χ1) is 12.2. The van der Waals surface area contributed by atoms with Crippen LogP contribution in [-0.2, 0) is 19.6 Å². The number of hydrogen-bond acceptors (Lipinski definition) is 5. The average molecular weight is 401 g/mol. The lowest BCUT2D eigenvalue weighted by Crippen LogP contribution is -2.52. The monoisotopic (exact) mass is 400 g/mol. The van der Waals surface area contributed by atoms with Gasteiger partial charge in [-0.15, -0.1) is 11.8 Å². The van der Waals surface area contributed by atoms with Crippen LogP contribution < -0.4 is 0 Å². The van der Waals surface area contributed by atoms with E-state index in [-0.39, 0.29) is 22.9 Å². The molecule has 0 radical (unpaired) electrons. The second kappa shape index (κ2) is 6.21. The van der Waals surface area contributed by atoms with Crippen LogP contribution in [0.15, 0.2) is 0 Å². The van der Waals surface area contributed by atoms with E-state index in [0.29, 0.717) is 30.4 Å². The van der Waals surface area contributed by atoms with E-state index in [9.17, 15) is 18.0 Å². The number of ketones is 1. The normalized spacial score (nSPS) is 37.0. The van der Waals surface area contributed by atoms with E-state index in [1.165, 1.54) is 16.1 Å². The van der Waals surface area contributed by atoms with Gasteiger partial charge in [0.05, 0.1) is 11.6 Å². The molecule has 146 valence electrons. The zero-order valence-electron chi connectivity index (χ0n) is 15.6. The SMILES string of the molecule is CC1(C)C2CCC1(CS(=O)(=O)N1CSCC1C(=O)N1CCCC1)C(=O)C2. The molecule has 2 aliphatic heterocycles. The molecule has 1 amide bonds. The minimum absolute atomic E-state index is 0.0603. The minimum Gasteiger partial charge on any atom is -0.341 e. The van der Waals surface area contributed by atoms with Crippen molar-refractivity contribution in [3.05, 3.63) is 0 Å². The molecule has 0 N–H and O–H groups in total. The van der Waals surface area contributed by atoms with Gasteiger partial charge in [0.15, 0.2) is 0 Å². The number of carbonyl (C=O) groups excluding carboxylic acids is 2. The van der Waals surface area contributed by atoms with Crippen molar-refractivity contribution >= 4 is 33.5 Å². The van der Waals surface area contributed by atoms with E-state index in [0.717, 1.165) is 32.4 Å². The summed E-state index contributed by atoms with van der Waals surface area (Å²) < 4.78 is 28.0. The predicted molar refractivity (Wildman–Crippen MR) is 101 cm³/mol. The van der Waals surface area contributed by atoms with Gasteiger partial charge >= 0.3 is 0 Å². The van der Waals surface area contributed by atoms with Crippen LogP contribution in [0, 0.1) is 16.7 Å². The molecule has 4 aliphatic rings. The minimum atomic E-state index is -3.67. The van der Waals surface area contributed by atoms with Gasteiger partial charge < -0.3 is 4.90 Å². The molecule has 8 heteroatoms. The van der Waals surface area contributed by atoms with Gasteiger partial charge in [0.1, 0.15) is 11.8 Å². The first-order valence-corrected chi connectivity index (χ1v) is 12.3. The maximum atomic E-state index is 13.3. The molecule has 4 fully saturated rings. The number of Topliss-reactive ketones (excluding diaryl/α,β-unsaturated/α-hetero) is 1. The molecule has 0 aromatic carbocycles. The quantitative estimate of drug-likeness (QED) is 0.718. The molecule has 4 rings (SSSR count). The van der Waals surface area contributed by atoms with E-state index in [4.69, 9.17) is 0 Å². The van der Waals surface area contributed by atoms with Crippen LogP contribution >= 0.6 is 11.8 Å². The summed E-state index contributed by atoms with van der Waals surface area (Å²) in [6.45, 7) is 5.56. The van der Waals surface area contributed by atoms with Crippen molar-refractivity contribution in [1.82, 2.24) is 9.21 Å². The Kier molecular flexibility index (Phi) is 4.47. The molecule has 3 unspecified atom stereocenters. The van der Waals surface area contributed by atoms with Crippen molar-refractivity contribution < 1.29 is 18.0 Å². The van der Waals surface area contributed by atoms with Crippen molar-refractivity contribution in [2.24, 2.45) is 16.7 Å². The number of likely N-dealkylation sites (tertiary alicyclic amines) is 1. The molecular formula is C18H28N2O4S2. The summed E-state index contributed by atoms with van der Waals surface area (Å²) in [5, 5.41) is 0. The summed E-state index contributed by atoms with van der Waals surface area (Å²) in [5.41, 5.74) is -1.05. The molecule has 6 nitrogen and oxygen atoms in total. The van der Waals surface area contributed by atoms with Gasteiger partial charge in [-0.1, -0.05) is 13.8 Å². The maximum absolute atomic E-state index is 13.3. The zero-order chi connectivity index (χ0) is 18.7. The Hall–Kier alpha value is -0.600. The zero-order valence-corrected chi connectivity index (χ0v) is 17.2. The van der Waals surface area contributed by atoms with E-state index >= 15 is 0 Å². The number of rotatable bonds is 4. The van der Waals surface area contributed by atoms with Gasteiger partial charge in [-0.25, -0.2) is 8.42 Å².